The van der Waals surface area contributed by atoms with Crippen LogP contribution in [0.15, 0.2) is 84.9 Å². The highest BCUT2D eigenvalue weighted by Gasteiger charge is 2.17. The third-order valence-corrected chi connectivity index (χ3v) is 5.62. The Morgan fingerprint density at radius 1 is 0.654 bits per heavy atom. The van der Waals surface area contributed by atoms with Crippen LogP contribution in [0.2, 0.25) is 5.02 Å². The van der Waals surface area contributed by atoms with E-state index in [-0.39, 0.29) is 0 Å². The summed E-state index contributed by atoms with van der Waals surface area (Å²) >= 11 is 6.10. The van der Waals surface area contributed by atoms with Crippen LogP contribution < -0.4 is 0 Å². The molecule has 3 aromatic carbocycles. The summed E-state index contributed by atoms with van der Waals surface area (Å²) in [6.07, 6.45) is 0. The van der Waals surface area contributed by atoms with E-state index < -0.39 is 0 Å². The van der Waals surface area contributed by atoms with Crippen molar-refractivity contribution in [3.63, 3.8) is 0 Å². The zero-order valence-corrected chi connectivity index (χ0v) is 14.7. The van der Waals surface area contributed by atoms with E-state index >= 15 is 0 Å². The van der Waals surface area contributed by atoms with Gasteiger partial charge in [0.15, 0.2) is 0 Å². The normalized spacial score (nSPS) is 12.0. The lowest BCUT2D eigenvalue weighted by Gasteiger charge is -2.02. The molecule has 2 heteroatoms. The van der Waals surface area contributed by atoms with E-state index in [1.165, 1.54) is 49.2 Å². The molecule has 0 bridgehead atoms. The van der Waals surface area contributed by atoms with Crippen molar-refractivity contribution in [3.05, 3.63) is 90.0 Å². The summed E-state index contributed by atoms with van der Waals surface area (Å²) in [5.74, 6) is 0. The summed E-state index contributed by atoms with van der Waals surface area (Å²) in [6.45, 7) is 0. The minimum atomic E-state index is 0.765. The van der Waals surface area contributed by atoms with E-state index in [9.17, 15) is 0 Å². The minimum Gasteiger partial charge on any atom is -0.309 e. The maximum Gasteiger partial charge on any atom is 0.0620 e. The van der Waals surface area contributed by atoms with E-state index in [1.807, 2.05) is 12.1 Å². The monoisotopic (exact) mass is 351 g/mol. The van der Waals surface area contributed by atoms with Crippen molar-refractivity contribution >= 4 is 49.7 Å². The van der Waals surface area contributed by atoms with Gasteiger partial charge in [-0.2, -0.15) is 0 Å². The van der Waals surface area contributed by atoms with Gasteiger partial charge in [-0.1, -0.05) is 54.1 Å². The Balaban J connectivity index is 1.84. The van der Waals surface area contributed by atoms with Gasteiger partial charge in [0.2, 0.25) is 0 Å². The lowest BCUT2D eigenvalue weighted by Crippen LogP contribution is -1.80. The molecule has 3 aromatic heterocycles. The molecule has 6 rings (SSSR count). The summed E-state index contributed by atoms with van der Waals surface area (Å²) in [5, 5.41) is 5.93. The second kappa shape index (κ2) is 5.00. The summed E-state index contributed by atoms with van der Waals surface area (Å²) in [5.41, 5.74) is 6.21. The van der Waals surface area contributed by atoms with E-state index in [2.05, 4.69) is 77.2 Å². The Kier molecular flexibility index (Phi) is 2.72. The predicted octanol–water partition coefficient (Wildman–Crippen LogP) is 7.16. The van der Waals surface area contributed by atoms with Crippen LogP contribution in [0.5, 0.6) is 0 Å². The predicted molar refractivity (Wildman–Crippen MR) is 112 cm³/mol. The molecule has 0 aliphatic heterocycles. The molecule has 6 aromatic rings. The number of pyridine rings is 1. The van der Waals surface area contributed by atoms with Crippen molar-refractivity contribution in [2.24, 2.45) is 0 Å². The van der Waals surface area contributed by atoms with E-state index in [0.29, 0.717) is 0 Å². The first-order chi connectivity index (χ1) is 12.8. The third-order valence-electron chi connectivity index (χ3n) is 5.36. The average molecular weight is 352 g/mol. The first kappa shape index (κ1) is 14.2. The van der Waals surface area contributed by atoms with Crippen LogP contribution in [0, 0.1) is 0 Å². The van der Waals surface area contributed by atoms with Gasteiger partial charge in [-0.05, 0) is 58.8 Å². The van der Waals surface area contributed by atoms with Gasteiger partial charge in [-0.3, -0.25) is 0 Å². The Bertz CT molecular complexity index is 1420. The lowest BCUT2D eigenvalue weighted by molar-refractivity contribution is 1.36. The fourth-order valence-corrected chi connectivity index (χ4v) is 4.32. The number of nitrogens with zero attached hydrogens (tertiary/aromatic N) is 1. The van der Waals surface area contributed by atoms with E-state index in [4.69, 9.17) is 11.6 Å². The van der Waals surface area contributed by atoms with Crippen molar-refractivity contribution < 1.29 is 0 Å². The second-order valence-corrected chi connectivity index (χ2v) is 7.27. The minimum absolute atomic E-state index is 0.765. The highest BCUT2D eigenvalue weighted by molar-refractivity contribution is 6.30. The van der Waals surface area contributed by atoms with Crippen molar-refractivity contribution in [1.82, 2.24) is 4.40 Å². The Hall–Kier alpha value is -3.03. The summed E-state index contributed by atoms with van der Waals surface area (Å²) in [6, 6.07) is 30.2. The molecular formula is C24H14ClN. The zero-order valence-electron chi connectivity index (χ0n) is 13.9. The molecule has 0 unspecified atom stereocenters. The number of halogens is 1. The van der Waals surface area contributed by atoms with Crippen molar-refractivity contribution in [1.29, 1.82) is 0 Å². The molecule has 26 heavy (non-hydrogen) atoms. The van der Waals surface area contributed by atoms with Gasteiger partial charge >= 0.3 is 0 Å². The van der Waals surface area contributed by atoms with Crippen LogP contribution in [0.1, 0.15) is 0 Å². The number of hydrogen-bond donors (Lipinski definition) is 0. The fraction of sp³-hybridized carbons (Fsp3) is 0. The molecule has 0 fully saturated rings. The number of rotatable bonds is 1. The molecule has 0 atom stereocenters. The largest absolute Gasteiger partial charge is 0.309 e. The molecular weight excluding hydrogens is 338 g/mol. The maximum absolute atomic E-state index is 6.10. The number of hydrogen-bond acceptors (Lipinski definition) is 0. The van der Waals surface area contributed by atoms with Crippen LogP contribution in [-0.2, 0) is 0 Å². The first-order valence-electron chi connectivity index (χ1n) is 8.73. The van der Waals surface area contributed by atoms with Crippen LogP contribution in [0.4, 0.5) is 0 Å². The van der Waals surface area contributed by atoms with Gasteiger partial charge in [0.25, 0.3) is 0 Å². The molecule has 0 saturated heterocycles. The van der Waals surface area contributed by atoms with Gasteiger partial charge in [0.1, 0.15) is 0 Å². The molecule has 0 aliphatic rings. The molecule has 0 aliphatic carbocycles. The molecule has 1 nitrogen and oxygen atoms in total. The van der Waals surface area contributed by atoms with Crippen LogP contribution in [0.25, 0.3) is 49.2 Å². The molecule has 0 radical (unpaired) electrons. The summed E-state index contributed by atoms with van der Waals surface area (Å²) in [4.78, 5) is 0. The molecule has 0 spiro atoms. The topological polar surface area (TPSA) is 4.41 Å². The Morgan fingerprint density at radius 2 is 1.38 bits per heavy atom. The SMILES string of the molecule is Clc1ccc(-c2cc3cccc4c5cc6ccccc6cc5c2n34)cc1. The van der Waals surface area contributed by atoms with E-state index in [1.54, 1.807) is 0 Å². The molecule has 3 heterocycles. The Morgan fingerprint density at radius 3 is 2.15 bits per heavy atom. The molecule has 122 valence electrons. The van der Waals surface area contributed by atoms with Gasteiger partial charge in [0.05, 0.1) is 11.0 Å². The fourth-order valence-electron chi connectivity index (χ4n) is 4.20. The molecule has 0 saturated carbocycles. The highest BCUT2D eigenvalue weighted by atomic mass is 35.5. The third kappa shape index (κ3) is 1.81. The van der Waals surface area contributed by atoms with E-state index in [0.717, 1.165) is 5.02 Å². The number of aromatic nitrogens is 1. The van der Waals surface area contributed by atoms with Gasteiger partial charge in [-0.15, -0.1) is 0 Å². The molecule has 0 amide bonds. The maximum atomic E-state index is 6.10. The quantitative estimate of drug-likeness (QED) is 0.296. The smallest absolute Gasteiger partial charge is 0.0620 e. The van der Waals surface area contributed by atoms with Gasteiger partial charge in [0, 0.05) is 26.9 Å². The average Bonchev–Trinajstić information content (AvgIpc) is 3.21. The van der Waals surface area contributed by atoms with Crippen LogP contribution in [-0.4, -0.2) is 4.40 Å². The lowest BCUT2D eigenvalue weighted by atomic mass is 10.0. The summed E-state index contributed by atoms with van der Waals surface area (Å²) in [7, 11) is 0. The number of benzene rings is 3. The van der Waals surface area contributed by atoms with Gasteiger partial charge in [-0.25, -0.2) is 0 Å². The molecule has 0 N–H and O–H groups in total. The van der Waals surface area contributed by atoms with Crippen molar-refractivity contribution in [2.75, 3.05) is 0 Å². The zero-order chi connectivity index (χ0) is 17.3. The second-order valence-electron chi connectivity index (χ2n) is 6.83. The summed E-state index contributed by atoms with van der Waals surface area (Å²) < 4.78 is 2.38. The van der Waals surface area contributed by atoms with Gasteiger partial charge < -0.3 is 4.40 Å². The Labute approximate surface area is 155 Å². The van der Waals surface area contributed by atoms with Crippen molar-refractivity contribution in [2.45, 2.75) is 0 Å². The first-order valence-corrected chi connectivity index (χ1v) is 9.11. The standard InChI is InChI=1S/C24H14ClN/c25-18-10-8-15(9-11-18)20-14-19-6-3-7-23-21-12-16-4-1-2-5-17(16)13-22(21)24(20)26(19)23/h1-14H. The number of fused-ring (bicyclic) bond motifs is 4. The van der Waals surface area contributed by atoms with Crippen molar-refractivity contribution in [3.8, 4) is 11.1 Å². The van der Waals surface area contributed by atoms with Crippen LogP contribution >= 0.6 is 11.6 Å². The highest BCUT2D eigenvalue weighted by Crippen LogP contribution is 2.40. The van der Waals surface area contributed by atoms with Crippen LogP contribution in [0.3, 0.4) is 0 Å².